The normalized spacial score (nSPS) is 11.1. The van der Waals surface area contributed by atoms with Crippen molar-refractivity contribution < 1.29 is 9.90 Å². The van der Waals surface area contributed by atoms with E-state index in [0.717, 1.165) is 22.1 Å². The van der Waals surface area contributed by atoms with Gasteiger partial charge in [-0.15, -0.1) is 10.2 Å². The molecule has 0 unspecified atom stereocenters. The lowest BCUT2D eigenvalue weighted by Gasteiger charge is -2.05. The molecule has 0 atom stereocenters. The van der Waals surface area contributed by atoms with Gasteiger partial charge in [0.2, 0.25) is 0 Å². The molecule has 0 saturated heterocycles. The van der Waals surface area contributed by atoms with Gasteiger partial charge in [-0.25, -0.2) is 4.79 Å². The molecule has 0 spiro atoms. The fourth-order valence-corrected chi connectivity index (χ4v) is 2.62. The van der Waals surface area contributed by atoms with Crippen LogP contribution in [0.25, 0.3) is 27.9 Å². The molecule has 0 amide bonds. The number of carboxylic acids is 1. The van der Waals surface area contributed by atoms with Crippen molar-refractivity contribution in [3.05, 3.63) is 66.2 Å². The van der Waals surface area contributed by atoms with Crippen LogP contribution in [0.1, 0.15) is 10.4 Å². The largest absolute Gasteiger partial charge is 0.478 e. The Hall–Kier alpha value is -3.21. The number of fused-ring (bicyclic) bond motifs is 3. The van der Waals surface area contributed by atoms with E-state index in [2.05, 4.69) is 10.2 Å². The van der Waals surface area contributed by atoms with E-state index in [9.17, 15) is 4.79 Å². The minimum Gasteiger partial charge on any atom is -0.478 e. The summed E-state index contributed by atoms with van der Waals surface area (Å²) >= 11 is 0. The molecule has 2 aromatic carbocycles. The molecule has 0 saturated carbocycles. The van der Waals surface area contributed by atoms with Gasteiger partial charge in [0.05, 0.1) is 11.1 Å². The van der Waals surface area contributed by atoms with Crippen LogP contribution in [0.5, 0.6) is 0 Å². The van der Waals surface area contributed by atoms with Gasteiger partial charge < -0.3 is 5.11 Å². The highest BCUT2D eigenvalue weighted by Gasteiger charge is 2.12. The first-order valence-corrected chi connectivity index (χ1v) is 6.81. The molecule has 106 valence electrons. The van der Waals surface area contributed by atoms with E-state index in [1.807, 2.05) is 46.9 Å². The van der Waals surface area contributed by atoms with Gasteiger partial charge in [-0.2, -0.15) is 0 Å². The molecule has 0 aliphatic carbocycles. The average molecular weight is 289 g/mol. The van der Waals surface area contributed by atoms with Crippen LogP contribution in [-0.2, 0) is 0 Å². The summed E-state index contributed by atoms with van der Waals surface area (Å²) in [5.74, 6) is -0.324. The quantitative estimate of drug-likeness (QED) is 0.615. The molecule has 0 bridgehead atoms. The van der Waals surface area contributed by atoms with Crippen molar-refractivity contribution in [2.45, 2.75) is 0 Å². The van der Waals surface area contributed by atoms with Gasteiger partial charge in [0, 0.05) is 5.56 Å². The van der Waals surface area contributed by atoms with E-state index in [4.69, 9.17) is 5.11 Å². The van der Waals surface area contributed by atoms with Crippen molar-refractivity contribution in [1.82, 2.24) is 14.6 Å². The molecule has 2 aromatic heterocycles. The van der Waals surface area contributed by atoms with Crippen LogP contribution in [0.15, 0.2) is 60.7 Å². The Morgan fingerprint density at radius 2 is 1.82 bits per heavy atom. The Kier molecular flexibility index (Phi) is 2.66. The number of pyridine rings is 1. The van der Waals surface area contributed by atoms with E-state index in [0.29, 0.717) is 5.82 Å². The maximum atomic E-state index is 11.2. The zero-order valence-corrected chi connectivity index (χ0v) is 11.5. The Bertz CT molecular complexity index is 1020. The number of aromatic nitrogens is 3. The highest BCUT2D eigenvalue weighted by Crippen LogP contribution is 2.24. The van der Waals surface area contributed by atoms with Gasteiger partial charge in [-0.05, 0) is 35.7 Å². The van der Waals surface area contributed by atoms with Gasteiger partial charge in [0.25, 0.3) is 0 Å². The van der Waals surface area contributed by atoms with Gasteiger partial charge in [-0.3, -0.25) is 4.40 Å². The zero-order valence-electron chi connectivity index (χ0n) is 11.5. The summed E-state index contributed by atoms with van der Waals surface area (Å²) in [6.07, 6.45) is 0. The van der Waals surface area contributed by atoms with Crippen LogP contribution in [0.2, 0.25) is 0 Å². The number of carboxylic acid groups (broad SMARTS) is 1. The lowest BCUT2D eigenvalue weighted by Crippen LogP contribution is -1.97. The summed E-state index contributed by atoms with van der Waals surface area (Å²) in [7, 11) is 0. The van der Waals surface area contributed by atoms with Crippen LogP contribution in [-0.4, -0.2) is 25.7 Å². The van der Waals surface area contributed by atoms with Crippen LogP contribution in [0, 0.1) is 0 Å². The highest BCUT2D eigenvalue weighted by molar-refractivity contribution is 5.89. The topological polar surface area (TPSA) is 67.5 Å². The zero-order chi connectivity index (χ0) is 15.1. The number of rotatable bonds is 2. The van der Waals surface area contributed by atoms with Gasteiger partial charge in [0.1, 0.15) is 0 Å². The van der Waals surface area contributed by atoms with Crippen LogP contribution >= 0.6 is 0 Å². The lowest BCUT2D eigenvalue weighted by molar-refractivity contribution is 0.0697. The maximum Gasteiger partial charge on any atom is 0.335 e. The number of hydrogen-bond donors (Lipinski definition) is 1. The Morgan fingerprint density at radius 1 is 0.955 bits per heavy atom. The average Bonchev–Trinajstić information content (AvgIpc) is 2.99. The predicted octanol–water partition coefficient (Wildman–Crippen LogP) is 3.25. The van der Waals surface area contributed by atoms with E-state index in [1.165, 1.54) is 0 Å². The van der Waals surface area contributed by atoms with Crippen LogP contribution in [0.4, 0.5) is 0 Å². The molecule has 22 heavy (non-hydrogen) atoms. The Labute approximate surface area is 125 Å². The van der Waals surface area contributed by atoms with Crippen molar-refractivity contribution in [3.63, 3.8) is 0 Å². The molecule has 4 aromatic rings. The summed E-state index contributed by atoms with van der Waals surface area (Å²) in [5, 5.41) is 18.6. The minimum atomic E-state index is -0.958. The Balaban J connectivity index is 2.05. The van der Waals surface area contributed by atoms with Crippen LogP contribution < -0.4 is 0 Å². The highest BCUT2D eigenvalue weighted by atomic mass is 16.4. The molecule has 5 heteroatoms. The molecular formula is C17H11N3O2. The Morgan fingerprint density at radius 3 is 2.68 bits per heavy atom. The van der Waals surface area contributed by atoms with Crippen LogP contribution in [0.3, 0.4) is 0 Å². The molecule has 2 heterocycles. The second-order valence-corrected chi connectivity index (χ2v) is 5.00. The molecular weight excluding hydrogens is 278 g/mol. The smallest absolute Gasteiger partial charge is 0.335 e. The van der Waals surface area contributed by atoms with Crippen molar-refractivity contribution in [1.29, 1.82) is 0 Å². The monoisotopic (exact) mass is 289 g/mol. The van der Waals surface area contributed by atoms with Gasteiger partial charge >= 0.3 is 5.97 Å². The second-order valence-electron chi connectivity index (χ2n) is 5.00. The van der Waals surface area contributed by atoms with Crippen molar-refractivity contribution >= 4 is 22.5 Å². The molecule has 0 aliphatic rings. The van der Waals surface area contributed by atoms with E-state index >= 15 is 0 Å². The maximum absolute atomic E-state index is 11.2. The summed E-state index contributed by atoms with van der Waals surface area (Å²) in [6.45, 7) is 0. The number of hydrogen-bond acceptors (Lipinski definition) is 3. The standard InChI is InChI=1S/C17H11N3O2/c21-17(22)13-6-3-5-12(10-13)16-19-18-15-9-8-11-4-1-2-7-14(11)20(15)16/h1-10H,(H,21,22). The number of aromatic carboxylic acids is 1. The molecule has 1 N–H and O–H groups in total. The lowest BCUT2D eigenvalue weighted by atomic mass is 10.1. The van der Waals surface area contributed by atoms with Gasteiger partial charge in [0.15, 0.2) is 11.5 Å². The first kappa shape index (κ1) is 12.5. The first-order valence-electron chi connectivity index (χ1n) is 6.81. The summed E-state index contributed by atoms with van der Waals surface area (Å²) in [5.41, 5.74) is 2.67. The van der Waals surface area contributed by atoms with Crippen molar-refractivity contribution in [2.75, 3.05) is 0 Å². The predicted molar refractivity (Wildman–Crippen MR) is 82.9 cm³/mol. The molecule has 0 fully saturated rings. The minimum absolute atomic E-state index is 0.231. The van der Waals surface area contributed by atoms with E-state index in [1.54, 1.807) is 18.2 Å². The third kappa shape index (κ3) is 1.83. The molecule has 0 radical (unpaired) electrons. The molecule has 0 aliphatic heterocycles. The van der Waals surface area contributed by atoms with Gasteiger partial charge in [-0.1, -0.05) is 30.3 Å². The fourth-order valence-electron chi connectivity index (χ4n) is 2.62. The third-order valence-electron chi connectivity index (χ3n) is 3.65. The third-order valence-corrected chi connectivity index (χ3v) is 3.65. The van der Waals surface area contributed by atoms with Crippen molar-refractivity contribution in [3.8, 4) is 11.4 Å². The second kappa shape index (κ2) is 4.66. The number of para-hydroxylation sites is 1. The summed E-state index contributed by atoms with van der Waals surface area (Å²) in [4.78, 5) is 11.2. The number of benzene rings is 2. The van der Waals surface area contributed by atoms with E-state index < -0.39 is 5.97 Å². The number of nitrogens with zero attached hydrogens (tertiary/aromatic N) is 3. The molecule has 5 nitrogen and oxygen atoms in total. The fraction of sp³-hybridized carbons (Fsp3) is 0. The van der Waals surface area contributed by atoms with E-state index in [-0.39, 0.29) is 5.56 Å². The molecule has 4 rings (SSSR count). The SMILES string of the molecule is O=C(O)c1cccc(-c2nnc3ccc4ccccc4n23)c1. The van der Waals surface area contributed by atoms with Crippen molar-refractivity contribution in [2.24, 2.45) is 0 Å². The first-order chi connectivity index (χ1) is 10.7. The summed E-state index contributed by atoms with van der Waals surface area (Å²) < 4.78 is 1.94. The summed E-state index contributed by atoms with van der Waals surface area (Å²) in [6, 6.07) is 18.6. The number of carbonyl (C=O) groups is 1.